The third-order valence-corrected chi connectivity index (χ3v) is 3.18. The summed E-state index contributed by atoms with van der Waals surface area (Å²) in [6.45, 7) is 4.05. The molecule has 1 aliphatic rings. The second-order valence-electron chi connectivity index (χ2n) is 4.76. The van der Waals surface area contributed by atoms with Crippen molar-refractivity contribution in [1.82, 2.24) is 10.6 Å². The number of unbranched alkanes of at least 4 members (excludes halogenated alkanes) is 2. The Morgan fingerprint density at radius 2 is 2.00 bits per heavy atom. The number of carbonyl (C=O) groups excluding carboxylic acids is 1. The van der Waals surface area contributed by atoms with Crippen molar-refractivity contribution in [2.24, 2.45) is 5.41 Å². The molecule has 3 nitrogen and oxygen atoms in total. The van der Waals surface area contributed by atoms with Gasteiger partial charge in [-0.25, -0.2) is 0 Å². The monoisotopic (exact) mass is 212 g/mol. The Hall–Kier alpha value is -0.570. The summed E-state index contributed by atoms with van der Waals surface area (Å²) in [5, 5.41) is 6.25. The molecule has 0 unspecified atom stereocenters. The van der Waals surface area contributed by atoms with E-state index >= 15 is 0 Å². The molecule has 0 bridgehead atoms. The standard InChI is InChI=1S/C12H24N2O/c1-3-4-5-6-11(15)14-10-12(7-8-12)9-13-2/h13H,3-10H2,1-2H3,(H,14,15). The summed E-state index contributed by atoms with van der Waals surface area (Å²) in [4.78, 5) is 11.5. The molecule has 15 heavy (non-hydrogen) atoms. The topological polar surface area (TPSA) is 41.1 Å². The van der Waals surface area contributed by atoms with E-state index in [-0.39, 0.29) is 5.91 Å². The van der Waals surface area contributed by atoms with Crippen LogP contribution in [0.15, 0.2) is 0 Å². The van der Waals surface area contributed by atoms with E-state index in [1.807, 2.05) is 7.05 Å². The van der Waals surface area contributed by atoms with Crippen LogP contribution in [0.4, 0.5) is 0 Å². The van der Waals surface area contributed by atoms with E-state index in [2.05, 4.69) is 17.6 Å². The van der Waals surface area contributed by atoms with Gasteiger partial charge < -0.3 is 10.6 Å². The van der Waals surface area contributed by atoms with E-state index < -0.39 is 0 Å². The molecule has 1 aliphatic carbocycles. The summed E-state index contributed by atoms with van der Waals surface area (Å²) in [7, 11) is 1.98. The first kappa shape index (κ1) is 12.5. The van der Waals surface area contributed by atoms with Crippen LogP contribution in [-0.2, 0) is 4.79 Å². The van der Waals surface area contributed by atoms with Crippen molar-refractivity contribution in [3.05, 3.63) is 0 Å². The molecule has 0 aromatic rings. The maximum absolute atomic E-state index is 11.5. The van der Waals surface area contributed by atoms with Gasteiger partial charge in [0, 0.05) is 24.9 Å². The smallest absolute Gasteiger partial charge is 0.220 e. The second kappa shape index (κ2) is 6.11. The first-order valence-corrected chi connectivity index (χ1v) is 6.14. The minimum Gasteiger partial charge on any atom is -0.355 e. The zero-order valence-electron chi connectivity index (χ0n) is 10.1. The Kier molecular flexibility index (Phi) is 5.09. The second-order valence-corrected chi connectivity index (χ2v) is 4.76. The molecule has 0 heterocycles. The van der Waals surface area contributed by atoms with Gasteiger partial charge in [-0.1, -0.05) is 19.8 Å². The zero-order valence-corrected chi connectivity index (χ0v) is 10.1. The van der Waals surface area contributed by atoms with Crippen LogP contribution < -0.4 is 10.6 Å². The van der Waals surface area contributed by atoms with Gasteiger partial charge in [-0.2, -0.15) is 0 Å². The lowest BCUT2D eigenvalue weighted by atomic mass is 10.1. The predicted octanol–water partition coefficient (Wildman–Crippen LogP) is 1.68. The largest absolute Gasteiger partial charge is 0.355 e. The fourth-order valence-corrected chi connectivity index (χ4v) is 1.88. The lowest BCUT2D eigenvalue weighted by Crippen LogP contribution is -2.34. The van der Waals surface area contributed by atoms with Crippen molar-refractivity contribution in [3.63, 3.8) is 0 Å². The normalized spacial score (nSPS) is 17.5. The molecule has 88 valence electrons. The number of rotatable bonds is 8. The molecule has 1 amide bonds. The maximum Gasteiger partial charge on any atom is 0.220 e. The molecule has 1 fully saturated rings. The van der Waals surface area contributed by atoms with Crippen molar-refractivity contribution in [1.29, 1.82) is 0 Å². The average molecular weight is 212 g/mol. The summed E-state index contributed by atoms with van der Waals surface area (Å²) in [6.07, 6.45) is 6.57. The zero-order chi connectivity index (χ0) is 11.1. The molecule has 0 radical (unpaired) electrons. The summed E-state index contributed by atoms with van der Waals surface area (Å²) < 4.78 is 0. The Morgan fingerprint density at radius 1 is 1.27 bits per heavy atom. The molecular formula is C12H24N2O. The fraction of sp³-hybridized carbons (Fsp3) is 0.917. The maximum atomic E-state index is 11.5. The van der Waals surface area contributed by atoms with Crippen LogP contribution >= 0.6 is 0 Å². The third-order valence-electron chi connectivity index (χ3n) is 3.18. The van der Waals surface area contributed by atoms with Gasteiger partial charge in [-0.3, -0.25) is 4.79 Å². The number of nitrogens with one attached hydrogen (secondary N) is 2. The first-order chi connectivity index (χ1) is 7.22. The molecule has 1 saturated carbocycles. The van der Waals surface area contributed by atoms with E-state index in [1.165, 1.54) is 19.3 Å². The highest BCUT2D eigenvalue weighted by molar-refractivity contribution is 5.75. The van der Waals surface area contributed by atoms with Gasteiger partial charge in [0.25, 0.3) is 0 Å². The van der Waals surface area contributed by atoms with E-state index in [0.717, 1.165) is 25.9 Å². The molecule has 3 heteroatoms. The number of amides is 1. The molecule has 0 atom stereocenters. The van der Waals surface area contributed by atoms with Crippen LogP contribution in [0.2, 0.25) is 0 Å². The summed E-state index contributed by atoms with van der Waals surface area (Å²) >= 11 is 0. The molecule has 0 aliphatic heterocycles. The van der Waals surface area contributed by atoms with Crippen molar-refractivity contribution < 1.29 is 4.79 Å². The Bertz CT molecular complexity index is 200. The van der Waals surface area contributed by atoms with Crippen molar-refractivity contribution >= 4 is 5.91 Å². The quantitative estimate of drug-likeness (QED) is 0.601. The van der Waals surface area contributed by atoms with Crippen LogP contribution in [0, 0.1) is 5.41 Å². The van der Waals surface area contributed by atoms with Gasteiger partial charge >= 0.3 is 0 Å². The first-order valence-electron chi connectivity index (χ1n) is 6.14. The summed E-state index contributed by atoms with van der Waals surface area (Å²) in [6, 6.07) is 0. The van der Waals surface area contributed by atoms with Crippen molar-refractivity contribution in [2.75, 3.05) is 20.1 Å². The molecule has 0 aromatic carbocycles. The Balaban J connectivity index is 2.06. The predicted molar refractivity (Wildman–Crippen MR) is 62.7 cm³/mol. The SMILES string of the molecule is CCCCCC(=O)NCC1(CNC)CC1. The van der Waals surface area contributed by atoms with E-state index in [4.69, 9.17) is 0 Å². The van der Waals surface area contributed by atoms with E-state index in [9.17, 15) is 4.79 Å². The van der Waals surface area contributed by atoms with Crippen LogP contribution in [0.5, 0.6) is 0 Å². The Labute approximate surface area is 93.0 Å². The van der Waals surface area contributed by atoms with Gasteiger partial charge in [0.15, 0.2) is 0 Å². The van der Waals surface area contributed by atoms with Gasteiger partial charge in [0.2, 0.25) is 5.91 Å². The van der Waals surface area contributed by atoms with E-state index in [0.29, 0.717) is 11.8 Å². The minimum atomic E-state index is 0.228. The van der Waals surface area contributed by atoms with Gasteiger partial charge in [-0.05, 0) is 26.3 Å². The number of hydrogen-bond acceptors (Lipinski definition) is 2. The molecule has 0 spiro atoms. The van der Waals surface area contributed by atoms with Crippen LogP contribution in [0.3, 0.4) is 0 Å². The van der Waals surface area contributed by atoms with E-state index in [1.54, 1.807) is 0 Å². The minimum absolute atomic E-state index is 0.228. The molecule has 0 aromatic heterocycles. The highest BCUT2D eigenvalue weighted by atomic mass is 16.1. The van der Waals surface area contributed by atoms with Gasteiger partial charge in [-0.15, -0.1) is 0 Å². The van der Waals surface area contributed by atoms with Crippen molar-refractivity contribution in [2.45, 2.75) is 45.4 Å². The summed E-state index contributed by atoms with van der Waals surface area (Å²) in [5.74, 6) is 0.228. The van der Waals surface area contributed by atoms with Crippen LogP contribution in [0.25, 0.3) is 0 Å². The van der Waals surface area contributed by atoms with Crippen LogP contribution in [-0.4, -0.2) is 26.0 Å². The lowest BCUT2D eigenvalue weighted by Gasteiger charge is -2.15. The highest BCUT2D eigenvalue weighted by Crippen LogP contribution is 2.44. The average Bonchev–Trinajstić information content (AvgIpc) is 2.97. The highest BCUT2D eigenvalue weighted by Gasteiger charge is 2.41. The number of carbonyl (C=O) groups is 1. The number of hydrogen-bond donors (Lipinski definition) is 2. The molecule has 2 N–H and O–H groups in total. The molecule has 1 rings (SSSR count). The Morgan fingerprint density at radius 3 is 2.53 bits per heavy atom. The fourth-order valence-electron chi connectivity index (χ4n) is 1.88. The lowest BCUT2D eigenvalue weighted by molar-refractivity contribution is -0.121. The molecular weight excluding hydrogens is 188 g/mol. The van der Waals surface area contributed by atoms with Gasteiger partial charge in [0.1, 0.15) is 0 Å². The van der Waals surface area contributed by atoms with Crippen molar-refractivity contribution in [3.8, 4) is 0 Å². The van der Waals surface area contributed by atoms with Gasteiger partial charge in [0.05, 0.1) is 0 Å². The van der Waals surface area contributed by atoms with Crippen LogP contribution in [0.1, 0.15) is 45.4 Å². The molecule has 0 saturated heterocycles. The third kappa shape index (κ3) is 4.65. The summed E-state index contributed by atoms with van der Waals surface area (Å²) in [5.41, 5.74) is 0.384.